The molecule has 29 heavy (non-hydrogen) atoms. The smallest absolute Gasteiger partial charge is 0.261 e. The number of unbranched alkanes of at least 4 members (excludes halogenated alkanes) is 5. The molecule has 0 aliphatic heterocycles. The van der Waals surface area contributed by atoms with Crippen LogP contribution in [0.15, 0.2) is 60.7 Å². The van der Waals surface area contributed by atoms with E-state index in [1.54, 1.807) is 0 Å². The van der Waals surface area contributed by atoms with Gasteiger partial charge in [0.15, 0.2) is 5.12 Å². The van der Waals surface area contributed by atoms with Crippen LogP contribution in [0.1, 0.15) is 65.7 Å². The van der Waals surface area contributed by atoms with E-state index in [0.29, 0.717) is 6.42 Å². The molecule has 2 aromatic rings. The molecule has 0 saturated carbocycles. The Bertz CT molecular complexity index is 686. The summed E-state index contributed by atoms with van der Waals surface area (Å²) >= 11 is 3.83. The summed E-state index contributed by atoms with van der Waals surface area (Å²) in [6, 6.07) is 21.7. The molecule has 2 rings (SSSR count). The molecule has 0 amide bonds. The van der Waals surface area contributed by atoms with Crippen LogP contribution in [0.2, 0.25) is 5.04 Å². The second-order valence-corrected chi connectivity index (χ2v) is 13.6. The number of thiol groups is 1. The fraction of sp³-hybridized carbons (Fsp3) is 0.480. The topological polar surface area (TPSA) is 26.3 Å². The molecule has 2 nitrogen and oxygen atoms in total. The summed E-state index contributed by atoms with van der Waals surface area (Å²) < 4.78 is 6.91. The first kappa shape index (κ1) is 23.9. The third-order valence-electron chi connectivity index (χ3n) is 5.52. The summed E-state index contributed by atoms with van der Waals surface area (Å²) in [5.41, 5.74) is 0. The molecule has 4 heteroatoms. The van der Waals surface area contributed by atoms with E-state index in [4.69, 9.17) is 4.43 Å². The number of hydrogen-bond donors (Lipinski definition) is 1. The number of hydrogen-bond acceptors (Lipinski definition) is 2. The molecule has 0 radical (unpaired) electrons. The molecule has 0 unspecified atom stereocenters. The van der Waals surface area contributed by atoms with Crippen molar-refractivity contribution in [2.45, 2.75) is 70.8 Å². The van der Waals surface area contributed by atoms with Gasteiger partial charge in [0.1, 0.15) is 0 Å². The maximum atomic E-state index is 10.9. The zero-order valence-electron chi connectivity index (χ0n) is 18.2. The van der Waals surface area contributed by atoms with Gasteiger partial charge in [-0.25, -0.2) is 0 Å². The van der Waals surface area contributed by atoms with E-state index in [1.807, 2.05) is 0 Å². The van der Waals surface area contributed by atoms with Crippen LogP contribution in [0, 0.1) is 0 Å². The third kappa shape index (κ3) is 6.83. The predicted octanol–water partition coefficient (Wildman–Crippen LogP) is 5.75. The van der Waals surface area contributed by atoms with Crippen LogP contribution < -0.4 is 10.4 Å². The van der Waals surface area contributed by atoms with Gasteiger partial charge in [-0.3, -0.25) is 4.79 Å². The monoisotopic (exact) mass is 428 g/mol. The van der Waals surface area contributed by atoms with Gasteiger partial charge in [-0.2, -0.15) is 0 Å². The minimum atomic E-state index is -2.39. The molecular weight excluding hydrogens is 392 g/mol. The summed E-state index contributed by atoms with van der Waals surface area (Å²) in [4.78, 5) is 10.9. The van der Waals surface area contributed by atoms with E-state index in [0.717, 1.165) is 25.9 Å². The van der Waals surface area contributed by atoms with E-state index in [1.165, 1.54) is 29.6 Å². The van der Waals surface area contributed by atoms with Gasteiger partial charge < -0.3 is 4.43 Å². The molecular formula is C25H36O2SSi. The average Bonchev–Trinajstić information content (AvgIpc) is 2.70. The summed E-state index contributed by atoms with van der Waals surface area (Å²) in [5.74, 6) is 0. The Kier molecular flexibility index (Phi) is 9.67. The molecule has 0 N–H and O–H groups in total. The summed E-state index contributed by atoms with van der Waals surface area (Å²) in [6.07, 6.45) is 7.30. The molecule has 0 bridgehead atoms. The van der Waals surface area contributed by atoms with E-state index < -0.39 is 8.32 Å². The predicted molar refractivity (Wildman–Crippen MR) is 130 cm³/mol. The van der Waals surface area contributed by atoms with Crippen molar-refractivity contribution in [1.82, 2.24) is 0 Å². The first-order chi connectivity index (χ1) is 13.9. The number of benzene rings is 2. The Labute approximate surface area is 183 Å². The van der Waals surface area contributed by atoms with E-state index in [2.05, 4.69) is 94.1 Å². The molecule has 2 aromatic carbocycles. The molecule has 158 valence electrons. The Morgan fingerprint density at radius 3 is 1.69 bits per heavy atom. The maximum Gasteiger partial charge on any atom is 0.261 e. The Balaban J connectivity index is 2.03. The van der Waals surface area contributed by atoms with Crippen molar-refractivity contribution in [2.24, 2.45) is 0 Å². The minimum Gasteiger partial charge on any atom is -0.407 e. The second kappa shape index (κ2) is 11.7. The van der Waals surface area contributed by atoms with Crippen LogP contribution >= 0.6 is 12.6 Å². The van der Waals surface area contributed by atoms with Crippen molar-refractivity contribution in [3.05, 3.63) is 60.7 Å². The quantitative estimate of drug-likeness (QED) is 0.265. The van der Waals surface area contributed by atoms with Gasteiger partial charge in [-0.1, -0.05) is 107 Å². The van der Waals surface area contributed by atoms with Gasteiger partial charge in [0.2, 0.25) is 0 Å². The summed E-state index contributed by atoms with van der Waals surface area (Å²) in [5, 5.41) is 2.73. The van der Waals surface area contributed by atoms with Crippen molar-refractivity contribution in [1.29, 1.82) is 0 Å². The van der Waals surface area contributed by atoms with Gasteiger partial charge in [0.05, 0.1) is 0 Å². The molecule has 0 fully saturated rings. The van der Waals surface area contributed by atoms with E-state index in [-0.39, 0.29) is 10.2 Å². The van der Waals surface area contributed by atoms with Crippen LogP contribution in [0.25, 0.3) is 0 Å². The lowest BCUT2D eigenvalue weighted by Crippen LogP contribution is -2.66. The lowest BCUT2D eigenvalue weighted by Gasteiger charge is -2.43. The van der Waals surface area contributed by atoms with Crippen LogP contribution in [-0.4, -0.2) is 20.0 Å². The van der Waals surface area contributed by atoms with Crippen molar-refractivity contribution >= 4 is 36.4 Å². The number of carbonyl (C=O) groups is 1. The van der Waals surface area contributed by atoms with Crippen molar-refractivity contribution in [2.75, 3.05) is 6.61 Å². The highest BCUT2D eigenvalue weighted by atomic mass is 32.1. The zero-order valence-corrected chi connectivity index (χ0v) is 20.1. The Hall–Kier alpha value is -1.36. The first-order valence-corrected chi connectivity index (χ1v) is 13.2. The lowest BCUT2D eigenvalue weighted by molar-refractivity contribution is -0.110. The second-order valence-electron chi connectivity index (χ2n) is 8.78. The van der Waals surface area contributed by atoms with Crippen LogP contribution in [0.5, 0.6) is 0 Å². The van der Waals surface area contributed by atoms with Gasteiger partial charge in [0.25, 0.3) is 8.32 Å². The molecule has 0 spiro atoms. The summed E-state index contributed by atoms with van der Waals surface area (Å²) in [7, 11) is -2.39. The molecule has 0 atom stereocenters. The van der Waals surface area contributed by atoms with Crippen molar-refractivity contribution in [3.8, 4) is 0 Å². The van der Waals surface area contributed by atoms with Crippen LogP contribution in [-0.2, 0) is 9.22 Å². The highest BCUT2D eigenvalue weighted by Gasteiger charge is 2.49. The minimum absolute atomic E-state index is 0.00343. The van der Waals surface area contributed by atoms with E-state index >= 15 is 0 Å². The van der Waals surface area contributed by atoms with Gasteiger partial charge in [0, 0.05) is 13.0 Å². The lowest BCUT2D eigenvalue weighted by atomic mass is 10.1. The Morgan fingerprint density at radius 2 is 1.24 bits per heavy atom. The standard InChI is InChI=1S/C25H36O2SSi/c1-25(2,3)29(22-16-10-8-11-17-22,23-18-12-9-13-19-23)27-21-15-7-5-4-6-14-20-24(26)28/h8-13,16-19H,4-7,14-15,20-21H2,1-3H3,(H,26,28). The fourth-order valence-electron chi connectivity index (χ4n) is 4.07. The number of carbonyl (C=O) groups excluding carboxylic acids is 1. The molecule has 0 heterocycles. The average molecular weight is 429 g/mol. The Morgan fingerprint density at radius 1 is 0.793 bits per heavy atom. The highest BCUT2D eigenvalue weighted by molar-refractivity contribution is 7.96. The van der Waals surface area contributed by atoms with Gasteiger partial charge in [-0.05, 0) is 28.3 Å². The SMILES string of the molecule is CC(C)(C)[Si](OCCCCCCCCC(=O)S)(c1ccccc1)c1ccccc1. The summed E-state index contributed by atoms with van der Waals surface area (Å²) in [6.45, 7) is 7.76. The van der Waals surface area contributed by atoms with Crippen molar-refractivity contribution < 1.29 is 9.22 Å². The normalized spacial score (nSPS) is 12.1. The largest absolute Gasteiger partial charge is 0.407 e. The number of rotatable bonds is 12. The fourth-order valence-corrected chi connectivity index (χ4v) is 8.84. The highest BCUT2D eigenvalue weighted by Crippen LogP contribution is 2.36. The van der Waals surface area contributed by atoms with Gasteiger partial charge in [-0.15, -0.1) is 12.6 Å². The third-order valence-corrected chi connectivity index (χ3v) is 10.8. The van der Waals surface area contributed by atoms with Crippen molar-refractivity contribution in [3.63, 3.8) is 0 Å². The molecule has 0 saturated heterocycles. The maximum absolute atomic E-state index is 10.9. The first-order valence-electron chi connectivity index (χ1n) is 10.8. The van der Waals surface area contributed by atoms with Gasteiger partial charge >= 0.3 is 0 Å². The molecule has 0 aromatic heterocycles. The van der Waals surface area contributed by atoms with Crippen LogP contribution in [0.3, 0.4) is 0 Å². The van der Waals surface area contributed by atoms with E-state index in [9.17, 15) is 4.79 Å². The molecule has 0 aliphatic rings. The zero-order chi connectivity index (χ0) is 21.2. The molecule has 0 aliphatic carbocycles. The van der Waals surface area contributed by atoms with Crippen LogP contribution in [0.4, 0.5) is 0 Å².